The minimum absolute atomic E-state index is 0.0122. The molecule has 0 aromatic heterocycles. The Bertz CT molecular complexity index is 1040. The molecule has 0 atom stereocenters. The van der Waals surface area contributed by atoms with E-state index in [1.807, 2.05) is 0 Å². The molecule has 0 saturated carbocycles. The van der Waals surface area contributed by atoms with Crippen molar-refractivity contribution in [2.45, 2.75) is 374 Å². The third kappa shape index (κ3) is 67.9. The fraction of sp³-hybridized carbons (Fsp3) is 0.939. The first kappa shape index (κ1) is 74.0. The summed E-state index contributed by atoms with van der Waals surface area (Å²) in [5, 5.41) is 0. The van der Waals surface area contributed by atoms with E-state index in [1.54, 1.807) is 0 Å². The van der Waals surface area contributed by atoms with Gasteiger partial charge in [-0.3, -0.25) is 19.2 Å². The Morgan fingerprint density at radius 3 is 0.446 bits per heavy atom. The zero-order valence-corrected chi connectivity index (χ0v) is 50.3. The van der Waals surface area contributed by atoms with E-state index in [0.717, 1.165) is 103 Å². The highest BCUT2D eigenvalue weighted by Gasteiger charge is 2.07. The third-order valence-corrected chi connectivity index (χ3v) is 14.6. The summed E-state index contributed by atoms with van der Waals surface area (Å²) in [5.41, 5.74) is 0. The summed E-state index contributed by atoms with van der Waals surface area (Å²) in [4.78, 5) is 47.2. The van der Waals surface area contributed by atoms with Gasteiger partial charge in [0, 0.05) is 25.7 Å². The van der Waals surface area contributed by atoms with Crippen molar-refractivity contribution in [2.75, 3.05) is 26.4 Å². The van der Waals surface area contributed by atoms with Crippen molar-refractivity contribution >= 4 is 23.9 Å². The predicted molar refractivity (Wildman–Crippen MR) is 316 cm³/mol. The lowest BCUT2D eigenvalue weighted by molar-refractivity contribution is -0.144. The Morgan fingerprint density at radius 1 is 0.176 bits per heavy atom. The fourth-order valence-corrected chi connectivity index (χ4v) is 9.53. The Hall–Kier alpha value is -2.12. The van der Waals surface area contributed by atoms with Crippen molar-refractivity contribution in [3.05, 3.63) is 0 Å². The molecule has 0 heterocycles. The smallest absolute Gasteiger partial charge is 0.305 e. The van der Waals surface area contributed by atoms with Gasteiger partial charge in [-0.2, -0.15) is 0 Å². The molecule has 0 aromatic carbocycles. The standard InChI is InChI=1S/C34H66O4.C32H62O4/c1-3-5-7-9-11-13-17-21-25-29-33(35)37-31-27-23-19-15-16-20-24-28-32-38-34(36)30-26-22-18-14-12-10-8-6-4-2;1-3-5-7-9-11-15-19-23-27-31(33)35-29-25-21-17-13-14-18-22-26-30-36-32(34)28-24-20-16-12-10-8-6-4-2/h3-32H2,1-2H3;3-30H2,1-2H3. The number of carbonyl (C=O) groups excluding carboxylic acids is 4. The quantitative estimate of drug-likeness (QED) is 0.0337. The fourth-order valence-electron chi connectivity index (χ4n) is 9.53. The summed E-state index contributed by atoms with van der Waals surface area (Å²) in [6, 6.07) is 0. The summed E-state index contributed by atoms with van der Waals surface area (Å²) in [5.74, 6) is -0.0531. The van der Waals surface area contributed by atoms with E-state index in [4.69, 9.17) is 18.9 Å². The van der Waals surface area contributed by atoms with Gasteiger partial charge in [-0.05, 0) is 51.4 Å². The molecule has 0 aromatic rings. The van der Waals surface area contributed by atoms with Crippen LogP contribution in [0.3, 0.4) is 0 Å². The number of carbonyl (C=O) groups is 4. The first-order valence-corrected chi connectivity index (χ1v) is 33.0. The number of rotatable bonds is 60. The van der Waals surface area contributed by atoms with Gasteiger partial charge in [0.15, 0.2) is 0 Å². The maximum absolute atomic E-state index is 11.8. The summed E-state index contributed by atoms with van der Waals surface area (Å²) in [6.45, 7) is 11.3. The summed E-state index contributed by atoms with van der Waals surface area (Å²) >= 11 is 0. The largest absolute Gasteiger partial charge is 0.466 e. The van der Waals surface area contributed by atoms with Gasteiger partial charge in [0.25, 0.3) is 0 Å². The summed E-state index contributed by atoms with van der Waals surface area (Å²) in [6.07, 6.45) is 63.7. The van der Waals surface area contributed by atoms with E-state index < -0.39 is 0 Å². The van der Waals surface area contributed by atoms with E-state index in [-0.39, 0.29) is 23.9 Å². The molecule has 0 radical (unpaired) electrons. The number of ether oxygens (including phenoxy) is 4. The van der Waals surface area contributed by atoms with Crippen molar-refractivity contribution in [1.82, 2.24) is 0 Å². The molecule has 0 N–H and O–H groups in total. The summed E-state index contributed by atoms with van der Waals surface area (Å²) in [7, 11) is 0. The zero-order valence-electron chi connectivity index (χ0n) is 50.3. The first-order valence-electron chi connectivity index (χ1n) is 33.0. The van der Waals surface area contributed by atoms with Gasteiger partial charge < -0.3 is 18.9 Å². The molecule has 8 heteroatoms. The Labute approximate surface area is 461 Å². The second-order valence-corrected chi connectivity index (χ2v) is 22.1. The molecule has 0 aliphatic heterocycles. The number of hydrogen-bond acceptors (Lipinski definition) is 8. The van der Waals surface area contributed by atoms with Crippen LogP contribution >= 0.6 is 0 Å². The maximum atomic E-state index is 11.8. The van der Waals surface area contributed by atoms with Crippen LogP contribution in [-0.2, 0) is 38.1 Å². The molecule has 74 heavy (non-hydrogen) atoms. The van der Waals surface area contributed by atoms with Crippen LogP contribution in [-0.4, -0.2) is 50.3 Å². The van der Waals surface area contributed by atoms with Gasteiger partial charge >= 0.3 is 23.9 Å². The van der Waals surface area contributed by atoms with Crippen molar-refractivity contribution < 1.29 is 38.1 Å². The molecule has 0 spiro atoms. The lowest BCUT2D eigenvalue weighted by Crippen LogP contribution is -2.05. The molecule has 0 unspecified atom stereocenters. The van der Waals surface area contributed by atoms with Crippen molar-refractivity contribution in [1.29, 1.82) is 0 Å². The van der Waals surface area contributed by atoms with Crippen LogP contribution in [0.15, 0.2) is 0 Å². The van der Waals surface area contributed by atoms with Gasteiger partial charge in [-0.1, -0.05) is 297 Å². The van der Waals surface area contributed by atoms with Crippen LogP contribution in [0.2, 0.25) is 0 Å². The average Bonchev–Trinajstić information content (AvgIpc) is 3.40. The second-order valence-electron chi connectivity index (χ2n) is 22.1. The molecule has 0 bridgehead atoms. The van der Waals surface area contributed by atoms with E-state index in [0.29, 0.717) is 52.1 Å². The lowest BCUT2D eigenvalue weighted by Gasteiger charge is -2.06. The average molecular weight is 1050 g/mol. The van der Waals surface area contributed by atoms with Crippen LogP contribution < -0.4 is 0 Å². The maximum Gasteiger partial charge on any atom is 0.305 e. The van der Waals surface area contributed by atoms with E-state index >= 15 is 0 Å². The minimum Gasteiger partial charge on any atom is -0.466 e. The van der Waals surface area contributed by atoms with Gasteiger partial charge in [-0.25, -0.2) is 0 Å². The minimum atomic E-state index is -0.0144. The molecule has 0 saturated heterocycles. The number of esters is 4. The van der Waals surface area contributed by atoms with Crippen molar-refractivity contribution in [3.63, 3.8) is 0 Å². The lowest BCUT2D eigenvalue weighted by atomic mass is 10.1. The zero-order chi connectivity index (χ0) is 54.2. The van der Waals surface area contributed by atoms with Crippen molar-refractivity contribution in [3.8, 4) is 0 Å². The highest BCUT2D eigenvalue weighted by Crippen LogP contribution is 2.16. The molecule has 0 rings (SSSR count). The van der Waals surface area contributed by atoms with Gasteiger partial charge in [0.2, 0.25) is 0 Å². The second kappa shape index (κ2) is 67.0. The van der Waals surface area contributed by atoms with Crippen LogP contribution in [0.25, 0.3) is 0 Å². The molecular weight excluding hydrogens is 921 g/mol. The monoisotopic (exact) mass is 1050 g/mol. The number of hydrogen-bond donors (Lipinski definition) is 0. The molecule has 0 aliphatic carbocycles. The molecule has 440 valence electrons. The molecule has 0 amide bonds. The third-order valence-electron chi connectivity index (χ3n) is 14.6. The van der Waals surface area contributed by atoms with Gasteiger partial charge in [-0.15, -0.1) is 0 Å². The van der Waals surface area contributed by atoms with Crippen LogP contribution in [0.1, 0.15) is 374 Å². The highest BCUT2D eigenvalue weighted by molar-refractivity contribution is 5.70. The van der Waals surface area contributed by atoms with Gasteiger partial charge in [0.05, 0.1) is 26.4 Å². The molecule has 0 aliphatic rings. The normalized spacial score (nSPS) is 11.1. The Balaban J connectivity index is 0. The molecular formula is C66H128O8. The topological polar surface area (TPSA) is 105 Å². The molecule has 0 fully saturated rings. The summed E-state index contributed by atoms with van der Waals surface area (Å²) < 4.78 is 21.5. The van der Waals surface area contributed by atoms with E-state index in [9.17, 15) is 19.2 Å². The van der Waals surface area contributed by atoms with Gasteiger partial charge in [0.1, 0.15) is 0 Å². The van der Waals surface area contributed by atoms with Crippen molar-refractivity contribution in [2.24, 2.45) is 0 Å². The van der Waals surface area contributed by atoms with Crippen LogP contribution in [0.4, 0.5) is 0 Å². The SMILES string of the molecule is CCCCCCCCCCC(=O)OCCCCCCCCCCOC(=O)CCCCCCCCCC.CCCCCCCCCCCC(=O)OCCCCCCCCCCOC(=O)CCCCCCCCCCC. The van der Waals surface area contributed by atoms with Crippen LogP contribution in [0.5, 0.6) is 0 Å². The Morgan fingerprint density at radius 2 is 0.297 bits per heavy atom. The number of unbranched alkanes of at least 4 members (excludes halogenated alkanes) is 44. The Kier molecular flexibility index (Phi) is 66.9. The van der Waals surface area contributed by atoms with E-state index in [1.165, 1.54) is 218 Å². The highest BCUT2D eigenvalue weighted by atomic mass is 16.5. The van der Waals surface area contributed by atoms with E-state index in [2.05, 4.69) is 27.7 Å². The molecule has 8 nitrogen and oxygen atoms in total. The predicted octanol–water partition coefficient (Wildman–Crippen LogP) is 21.3. The van der Waals surface area contributed by atoms with Crippen LogP contribution in [0, 0.1) is 0 Å². The first-order chi connectivity index (χ1) is 36.4.